The molecule has 1 heterocycles. The molecule has 2 atom stereocenters. The second-order valence-electron chi connectivity index (χ2n) is 4.59. The van der Waals surface area contributed by atoms with Gasteiger partial charge in [0.2, 0.25) is 0 Å². The van der Waals surface area contributed by atoms with E-state index in [0.29, 0.717) is 24.0 Å². The number of hydrogen-bond acceptors (Lipinski definition) is 8. The predicted octanol–water partition coefficient (Wildman–Crippen LogP) is -0.812. The highest BCUT2D eigenvalue weighted by atomic mass is 32.2. The van der Waals surface area contributed by atoms with Crippen LogP contribution in [0.4, 0.5) is 0 Å². The summed E-state index contributed by atoms with van der Waals surface area (Å²) in [5, 5.41) is 18.0. The Balaban J connectivity index is 0.000000442. The van der Waals surface area contributed by atoms with Crippen molar-refractivity contribution in [3.05, 3.63) is 24.3 Å². The van der Waals surface area contributed by atoms with Gasteiger partial charge in [0.1, 0.15) is 0 Å². The molecular formula is C12H20O10S2. The Hall–Kier alpha value is -1.44. The molecule has 1 aromatic carbocycles. The van der Waals surface area contributed by atoms with Crippen molar-refractivity contribution in [2.24, 2.45) is 0 Å². The number of rotatable bonds is 2. The normalized spacial score (nSPS) is 19.2. The van der Waals surface area contributed by atoms with Gasteiger partial charge in [-0.3, -0.25) is 9.11 Å². The zero-order chi connectivity index (χ0) is 19.0. The maximum atomic E-state index is 9.19. The predicted molar refractivity (Wildman–Crippen MR) is 84.4 cm³/mol. The first-order valence-electron chi connectivity index (χ1n) is 6.34. The molecule has 2 rings (SSSR count). The summed E-state index contributed by atoms with van der Waals surface area (Å²) in [4.78, 5) is 0. The van der Waals surface area contributed by atoms with Crippen molar-refractivity contribution >= 4 is 20.2 Å². The number of para-hydroxylation sites is 2. The largest absolute Gasteiger partial charge is 0.480 e. The first-order chi connectivity index (χ1) is 10.8. The van der Waals surface area contributed by atoms with Crippen molar-refractivity contribution in [3.8, 4) is 11.5 Å². The van der Waals surface area contributed by atoms with Gasteiger partial charge in [-0.1, -0.05) is 12.1 Å². The zero-order valence-electron chi connectivity index (χ0n) is 12.9. The number of hydrogen-bond donors (Lipinski definition) is 4. The molecule has 1 aliphatic rings. The fraction of sp³-hybridized carbons (Fsp3) is 0.500. The van der Waals surface area contributed by atoms with Crippen LogP contribution in [0.1, 0.15) is 0 Å². The van der Waals surface area contributed by atoms with Gasteiger partial charge < -0.3 is 19.7 Å². The van der Waals surface area contributed by atoms with Crippen LogP contribution in [0.5, 0.6) is 11.5 Å². The summed E-state index contributed by atoms with van der Waals surface area (Å²) < 4.78 is 62.6. The average Bonchev–Trinajstić information content (AvgIpc) is 2.42. The van der Waals surface area contributed by atoms with Crippen molar-refractivity contribution in [3.63, 3.8) is 0 Å². The lowest BCUT2D eigenvalue weighted by molar-refractivity contribution is -0.0350. The summed E-state index contributed by atoms with van der Waals surface area (Å²) >= 11 is 0. The summed E-state index contributed by atoms with van der Waals surface area (Å²) in [7, 11) is -7.33. The van der Waals surface area contributed by atoms with Gasteiger partial charge in [-0.25, -0.2) is 0 Å². The molecule has 1 aromatic rings. The molecular weight excluding hydrogens is 368 g/mol. The average molecular weight is 388 g/mol. The molecule has 0 fully saturated rings. The third kappa shape index (κ3) is 12.0. The molecule has 140 valence electrons. The summed E-state index contributed by atoms with van der Waals surface area (Å²) in [6.07, 6.45) is 0.449. The first-order valence-corrected chi connectivity index (χ1v) is 10.0. The van der Waals surface area contributed by atoms with E-state index in [4.69, 9.17) is 28.8 Å². The maximum absolute atomic E-state index is 9.19. The van der Waals surface area contributed by atoms with Gasteiger partial charge in [-0.2, -0.15) is 16.8 Å². The molecule has 24 heavy (non-hydrogen) atoms. The summed E-state index contributed by atoms with van der Waals surface area (Å²) in [5.74, 6) is 1.22. The van der Waals surface area contributed by atoms with Crippen molar-refractivity contribution < 1.29 is 45.6 Å². The SMILES string of the molecule is CS(=O)(=O)O.CS(=O)(=O)O.OC[C@H]1Oc2ccccc2O[C@@H]1CO. The van der Waals surface area contributed by atoms with Crippen LogP contribution < -0.4 is 9.47 Å². The van der Waals surface area contributed by atoms with Crippen LogP contribution in [0, 0.1) is 0 Å². The highest BCUT2D eigenvalue weighted by Gasteiger charge is 2.30. The summed E-state index contributed by atoms with van der Waals surface area (Å²) in [5.41, 5.74) is 0. The Labute approximate surface area is 140 Å². The molecule has 0 aromatic heterocycles. The number of benzene rings is 1. The molecule has 0 radical (unpaired) electrons. The number of fused-ring (bicyclic) bond motifs is 1. The van der Waals surface area contributed by atoms with Crippen molar-refractivity contribution in [2.45, 2.75) is 12.2 Å². The van der Waals surface area contributed by atoms with Gasteiger partial charge >= 0.3 is 0 Å². The van der Waals surface area contributed by atoms with Gasteiger partial charge in [0, 0.05) is 0 Å². The minimum Gasteiger partial charge on any atom is -0.480 e. The van der Waals surface area contributed by atoms with E-state index in [1.54, 1.807) is 12.1 Å². The molecule has 0 unspecified atom stereocenters. The van der Waals surface area contributed by atoms with Crippen LogP contribution in [-0.4, -0.2) is 74.1 Å². The lowest BCUT2D eigenvalue weighted by Gasteiger charge is -2.31. The minimum atomic E-state index is -3.67. The van der Waals surface area contributed by atoms with E-state index in [9.17, 15) is 16.8 Å². The van der Waals surface area contributed by atoms with Crippen molar-refractivity contribution in [2.75, 3.05) is 25.7 Å². The van der Waals surface area contributed by atoms with E-state index in [-0.39, 0.29) is 13.2 Å². The molecule has 0 saturated heterocycles. The topological polar surface area (TPSA) is 168 Å². The Kier molecular flexibility index (Phi) is 9.17. The van der Waals surface area contributed by atoms with Gasteiger partial charge in [0.25, 0.3) is 20.2 Å². The third-order valence-corrected chi connectivity index (χ3v) is 2.18. The van der Waals surface area contributed by atoms with Crippen LogP contribution in [0.3, 0.4) is 0 Å². The van der Waals surface area contributed by atoms with Gasteiger partial charge in [0.15, 0.2) is 23.7 Å². The van der Waals surface area contributed by atoms with Gasteiger partial charge in [-0.15, -0.1) is 0 Å². The fourth-order valence-corrected chi connectivity index (χ4v) is 1.43. The molecule has 1 aliphatic heterocycles. The van der Waals surface area contributed by atoms with E-state index in [1.165, 1.54) is 0 Å². The first kappa shape index (κ1) is 22.6. The van der Waals surface area contributed by atoms with Crippen LogP contribution in [0.25, 0.3) is 0 Å². The fourth-order valence-electron chi connectivity index (χ4n) is 1.43. The number of aliphatic hydroxyl groups is 2. The molecule has 0 saturated carbocycles. The van der Waals surface area contributed by atoms with Crippen LogP contribution in [0.2, 0.25) is 0 Å². The van der Waals surface area contributed by atoms with Crippen LogP contribution in [0.15, 0.2) is 24.3 Å². The van der Waals surface area contributed by atoms with Crippen LogP contribution in [-0.2, 0) is 20.2 Å². The monoisotopic (exact) mass is 388 g/mol. The summed E-state index contributed by atoms with van der Waals surface area (Å²) in [6, 6.07) is 7.20. The molecule has 0 aliphatic carbocycles. The lowest BCUT2D eigenvalue weighted by atomic mass is 10.2. The van der Waals surface area contributed by atoms with E-state index < -0.39 is 32.4 Å². The Bertz CT molecular complexity index is 621. The number of ether oxygens (including phenoxy) is 2. The Morgan fingerprint density at radius 2 is 1.08 bits per heavy atom. The molecule has 12 heteroatoms. The zero-order valence-corrected chi connectivity index (χ0v) is 14.6. The molecule has 0 amide bonds. The molecule has 0 bridgehead atoms. The maximum Gasteiger partial charge on any atom is 0.261 e. The van der Waals surface area contributed by atoms with Gasteiger partial charge in [0.05, 0.1) is 25.7 Å². The quantitative estimate of drug-likeness (QED) is 0.470. The molecule has 10 nitrogen and oxygen atoms in total. The lowest BCUT2D eigenvalue weighted by Crippen LogP contribution is -2.44. The van der Waals surface area contributed by atoms with Gasteiger partial charge in [-0.05, 0) is 12.1 Å². The highest BCUT2D eigenvalue weighted by Crippen LogP contribution is 2.33. The highest BCUT2D eigenvalue weighted by molar-refractivity contribution is 7.85. The Morgan fingerprint density at radius 1 is 0.833 bits per heavy atom. The van der Waals surface area contributed by atoms with E-state index in [0.717, 1.165) is 0 Å². The van der Waals surface area contributed by atoms with E-state index in [2.05, 4.69) is 0 Å². The third-order valence-electron chi connectivity index (χ3n) is 2.18. The van der Waals surface area contributed by atoms with E-state index in [1.807, 2.05) is 12.1 Å². The number of aliphatic hydroxyl groups excluding tert-OH is 2. The second-order valence-corrected chi connectivity index (χ2v) is 7.52. The summed E-state index contributed by atoms with van der Waals surface area (Å²) in [6.45, 7) is -0.334. The Morgan fingerprint density at radius 3 is 1.29 bits per heavy atom. The smallest absolute Gasteiger partial charge is 0.261 e. The molecule has 0 spiro atoms. The second kappa shape index (κ2) is 9.76. The van der Waals surface area contributed by atoms with Crippen LogP contribution >= 0.6 is 0 Å². The van der Waals surface area contributed by atoms with Crippen molar-refractivity contribution in [1.29, 1.82) is 0 Å². The molecule has 4 N–H and O–H groups in total. The minimum absolute atomic E-state index is 0.167. The standard InChI is InChI=1S/C10H12O4.2CH4O3S/c11-5-9-10(6-12)14-8-4-2-1-3-7(8)13-9;2*1-5(2,3)4/h1-4,9-12H,5-6H2;2*1H3,(H,2,3,4)/t9-,10-;;/m1../s1. The van der Waals surface area contributed by atoms with Crippen molar-refractivity contribution in [1.82, 2.24) is 0 Å². The van der Waals surface area contributed by atoms with E-state index >= 15 is 0 Å².